The first kappa shape index (κ1) is 16.6. The average Bonchev–Trinajstić information content (AvgIpc) is 2.61. The summed E-state index contributed by atoms with van der Waals surface area (Å²) < 4.78 is 5.69. The van der Waals surface area contributed by atoms with Gasteiger partial charge in [-0.05, 0) is 25.0 Å². The van der Waals surface area contributed by atoms with E-state index in [0.29, 0.717) is 30.2 Å². The van der Waals surface area contributed by atoms with Crippen molar-refractivity contribution in [3.63, 3.8) is 0 Å². The quantitative estimate of drug-likeness (QED) is 0.922. The summed E-state index contributed by atoms with van der Waals surface area (Å²) in [4.78, 5) is 25.0. The van der Waals surface area contributed by atoms with Gasteiger partial charge in [0.1, 0.15) is 5.75 Å². The molecule has 24 heavy (non-hydrogen) atoms. The van der Waals surface area contributed by atoms with Crippen LogP contribution in [-0.4, -0.2) is 41.6 Å². The van der Waals surface area contributed by atoms with E-state index in [1.807, 2.05) is 24.3 Å². The van der Waals surface area contributed by atoms with Gasteiger partial charge in [-0.3, -0.25) is 9.59 Å². The first-order valence-electron chi connectivity index (χ1n) is 7.87. The molecule has 1 heterocycles. The molecule has 3 rings (SSSR count). The number of nitrogens with zero attached hydrogens (tertiary/aromatic N) is 1. The molecule has 2 aromatic rings. The fraction of sp³-hybridized carbons (Fsp3) is 0.333. The standard InChI is InChI=1S/C18H18ClNO4/c19-15-7-8-16(14-6-2-1-5-13(14)15)24-11-17(21)20-9-3-4-12(10-20)18(22)23/h1-2,5-8,12H,3-4,9-11H2,(H,22,23). The minimum atomic E-state index is -0.850. The Morgan fingerprint density at radius 3 is 2.71 bits per heavy atom. The zero-order chi connectivity index (χ0) is 17.1. The number of amides is 1. The Hall–Kier alpha value is -2.27. The van der Waals surface area contributed by atoms with Gasteiger partial charge in [-0.25, -0.2) is 0 Å². The number of hydrogen-bond donors (Lipinski definition) is 1. The molecule has 1 N–H and O–H groups in total. The van der Waals surface area contributed by atoms with E-state index in [-0.39, 0.29) is 19.1 Å². The maximum Gasteiger partial charge on any atom is 0.308 e. The van der Waals surface area contributed by atoms with Crippen molar-refractivity contribution in [1.29, 1.82) is 0 Å². The molecular weight excluding hydrogens is 330 g/mol. The molecule has 126 valence electrons. The lowest BCUT2D eigenvalue weighted by Crippen LogP contribution is -2.44. The summed E-state index contributed by atoms with van der Waals surface area (Å²) in [7, 11) is 0. The minimum Gasteiger partial charge on any atom is -0.483 e. The van der Waals surface area contributed by atoms with E-state index in [9.17, 15) is 9.59 Å². The minimum absolute atomic E-state index is 0.113. The molecular formula is C18H18ClNO4. The van der Waals surface area contributed by atoms with Gasteiger partial charge in [0.15, 0.2) is 6.61 Å². The van der Waals surface area contributed by atoms with Crippen LogP contribution in [-0.2, 0) is 9.59 Å². The first-order valence-corrected chi connectivity index (χ1v) is 8.24. The van der Waals surface area contributed by atoms with Crippen molar-refractivity contribution < 1.29 is 19.4 Å². The molecule has 5 nitrogen and oxygen atoms in total. The Balaban J connectivity index is 1.69. The van der Waals surface area contributed by atoms with Crippen LogP contribution < -0.4 is 4.74 Å². The number of carboxylic acid groups (broad SMARTS) is 1. The van der Waals surface area contributed by atoms with E-state index < -0.39 is 11.9 Å². The molecule has 0 spiro atoms. The van der Waals surface area contributed by atoms with Crippen LogP contribution in [0.5, 0.6) is 5.75 Å². The Morgan fingerprint density at radius 2 is 1.96 bits per heavy atom. The van der Waals surface area contributed by atoms with Crippen LogP contribution in [0.15, 0.2) is 36.4 Å². The highest BCUT2D eigenvalue weighted by atomic mass is 35.5. The highest BCUT2D eigenvalue weighted by Gasteiger charge is 2.28. The van der Waals surface area contributed by atoms with E-state index in [1.54, 1.807) is 17.0 Å². The number of benzene rings is 2. The summed E-state index contributed by atoms with van der Waals surface area (Å²) >= 11 is 6.17. The van der Waals surface area contributed by atoms with Crippen molar-refractivity contribution in [3.8, 4) is 5.75 Å². The van der Waals surface area contributed by atoms with Gasteiger partial charge in [0.05, 0.1) is 5.92 Å². The second-order valence-electron chi connectivity index (χ2n) is 5.90. The van der Waals surface area contributed by atoms with Crippen molar-refractivity contribution in [2.75, 3.05) is 19.7 Å². The fourth-order valence-corrected chi connectivity index (χ4v) is 3.22. The van der Waals surface area contributed by atoms with Gasteiger partial charge in [0.25, 0.3) is 5.91 Å². The smallest absolute Gasteiger partial charge is 0.308 e. The molecule has 0 saturated carbocycles. The number of ether oxygens (including phenoxy) is 1. The molecule has 1 aliphatic heterocycles. The molecule has 2 aromatic carbocycles. The largest absolute Gasteiger partial charge is 0.483 e. The number of carbonyl (C=O) groups is 2. The van der Waals surface area contributed by atoms with Gasteiger partial charge in [-0.15, -0.1) is 0 Å². The third-order valence-electron chi connectivity index (χ3n) is 4.31. The van der Waals surface area contributed by atoms with Gasteiger partial charge in [-0.2, -0.15) is 0 Å². The third-order valence-corrected chi connectivity index (χ3v) is 4.63. The van der Waals surface area contributed by atoms with Crippen molar-refractivity contribution in [1.82, 2.24) is 4.90 Å². The summed E-state index contributed by atoms with van der Waals surface area (Å²) in [5.74, 6) is -0.939. The lowest BCUT2D eigenvalue weighted by Gasteiger charge is -2.30. The molecule has 1 aliphatic rings. The van der Waals surface area contributed by atoms with Crippen LogP contribution in [0.25, 0.3) is 10.8 Å². The molecule has 1 atom stereocenters. The predicted molar refractivity (Wildman–Crippen MR) is 91.4 cm³/mol. The Labute approximate surface area is 144 Å². The highest BCUT2D eigenvalue weighted by molar-refractivity contribution is 6.35. The van der Waals surface area contributed by atoms with Crippen molar-refractivity contribution in [2.24, 2.45) is 5.92 Å². The number of fused-ring (bicyclic) bond motifs is 1. The maximum atomic E-state index is 12.3. The summed E-state index contributed by atoms with van der Waals surface area (Å²) in [5, 5.41) is 11.5. The molecule has 1 fully saturated rings. The van der Waals surface area contributed by atoms with Crippen LogP contribution in [0.3, 0.4) is 0 Å². The predicted octanol–water partition coefficient (Wildman–Crippen LogP) is 3.20. The Kier molecular flexibility index (Phi) is 4.90. The van der Waals surface area contributed by atoms with Crippen molar-refractivity contribution in [3.05, 3.63) is 41.4 Å². The topological polar surface area (TPSA) is 66.8 Å². The number of hydrogen-bond acceptors (Lipinski definition) is 3. The fourth-order valence-electron chi connectivity index (χ4n) is 3.00. The Bertz CT molecular complexity index is 777. The molecule has 1 unspecified atom stereocenters. The van der Waals surface area contributed by atoms with Crippen LogP contribution in [0.2, 0.25) is 5.02 Å². The molecule has 1 saturated heterocycles. The number of carbonyl (C=O) groups excluding carboxylic acids is 1. The SMILES string of the molecule is O=C(O)C1CCCN(C(=O)COc2ccc(Cl)c3ccccc23)C1. The monoisotopic (exact) mass is 347 g/mol. The number of piperidine rings is 1. The van der Waals surface area contributed by atoms with E-state index in [2.05, 4.69) is 0 Å². The Morgan fingerprint density at radius 1 is 1.21 bits per heavy atom. The van der Waals surface area contributed by atoms with Crippen LogP contribution >= 0.6 is 11.6 Å². The second kappa shape index (κ2) is 7.09. The summed E-state index contributed by atoms with van der Waals surface area (Å²) in [6.45, 7) is 0.712. The molecule has 6 heteroatoms. The molecule has 1 amide bonds. The number of rotatable bonds is 4. The van der Waals surface area contributed by atoms with E-state index in [4.69, 9.17) is 21.4 Å². The highest BCUT2D eigenvalue weighted by Crippen LogP contribution is 2.31. The number of likely N-dealkylation sites (tertiary alicyclic amines) is 1. The molecule has 0 aromatic heterocycles. The first-order chi connectivity index (χ1) is 11.6. The summed E-state index contributed by atoms with van der Waals surface area (Å²) in [6.07, 6.45) is 1.31. The van der Waals surface area contributed by atoms with Crippen LogP contribution in [0.1, 0.15) is 12.8 Å². The van der Waals surface area contributed by atoms with E-state index >= 15 is 0 Å². The summed E-state index contributed by atoms with van der Waals surface area (Å²) in [6, 6.07) is 11.1. The molecule has 0 radical (unpaired) electrons. The number of aliphatic carboxylic acids is 1. The van der Waals surface area contributed by atoms with Gasteiger partial charge in [0.2, 0.25) is 0 Å². The maximum absolute atomic E-state index is 12.3. The zero-order valence-electron chi connectivity index (χ0n) is 13.1. The van der Waals surface area contributed by atoms with E-state index in [1.165, 1.54) is 0 Å². The number of carboxylic acids is 1. The molecule has 0 bridgehead atoms. The summed E-state index contributed by atoms with van der Waals surface area (Å²) in [5.41, 5.74) is 0. The van der Waals surface area contributed by atoms with Crippen LogP contribution in [0, 0.1) is 5.92 Å². The lowest BCUT2D eigenvalue weighted by atomic mass is 9.98. The van der Waals surface area contributed by atoms with Crippen molar-refractivity contribution in [2.45, 2.75) is 12.8 Å². The van der Waals surface area contributed by atoms with Gasteiger partial charge < -0.3 is 14.7 Å². The third kappa shape index (κ3) is 3.46. The van der Waals surface area contributed by atoms with E-state index in [0.717, 1.165) is 10.8 Å². The van der Waals surface area contributed by atoms with Gasteiger partial charge in [-0.1, -0.05) is 35.9 Å². The second-order valence-corrected chi connectivity index (χ2v) is 6.30. The number of halogens is 1. The normalized spacial score (nSPS) is 17.7. The average molecular weight is 348 g/mol. The molecule has 0 aliphatic carbocycles. The van der Waals surface area contributed by atoms with Gasteiger partial charge in [0, 0.05) is 28.9 Å². The van der Waals surface area contributed by atoms with Gasteiger partial charge >= 0.3 is 5.97 Å². The zero-order valence-corrected chi connectivity index (χ0v) is 13.8. The lowest BCUT2D eigenvalue weighted by molar-refractivity contribution is -0.146. The van der Waals surface area contributed by atoms with Crippen LogP contribution in [0.4, 0.5) is 0 Å². The van der Waals surface area contributed by atoms with Crippen molar-refractivity contribution >= 4 is 34.2 Å².